The van der Waals surface area contributed by atoms with E-state index in [-0.39, 0.29) is 0 Å². The number of hydrogen-bond donors (Lipinski definition) is 0. The highest BCUT2D eigenvalue weighted by Crippen LogP contribution is 2.29. The van der Waals surface area contributed by atoms with Gasteiger partial charge >= 0.3 is 0 Å². The third kappa shape index (κ3) is 7.64. The van der Waals surface area contributed by atoms with Crippen molar-refractivity contribution >= 4 is 0 Å². The van der Waals surface area contributed by atoms with Crippen LogP contribution in [0.5, 0.6) is 0 Å². The molecule has 0 N–H and O–H groups in total. The van der Waals surface area contributed by atoms with Gasteiger partial charge in [0.15, 0.2) is 0 Å². The predicted octanol–water partition coefficient (Wildman–Crippen LogP) is 5.20. The first-order valence-electron chi connectivity index (χ1n) is 8.90. The van der Waals surface area contributed by atoms with Gasteiger partial charge in [-0.3, -0.25) is 0 Å². The van der Waals surface area contributed by atoms with Gasteiger partial charge in [-0.15, -0.1) is 0 Å². The molecule has 20 heavy (non-hydrogen) atoms. The Morgan fingerprint density at radius 2 is 1.80 bits per heavy atom. The van der Waals surface area contributed by atoms with Crippen molar-refractivity contribution < 1.29 is 9.47 Å². The van der Waals surface area contributed by atoms with E-state index < -0.39 is 0 Å². The van der Waals surface area contributed by atoms with Crippen LogP contribution in [-0.2, 0) is 9.47 Å². The normalized spacial score (nSPS) is 24.8. The minimum Gasteiger partial charge on any atom is -0.381 e. The minimum atomic E-state index is 0.534. The Morgan fingerprint density at radius 3 is 2.40 bits per heavy atom. The van der Waals surface area contributed by atoms with Crippen molar-refractivity contribution in [3.05, 3.63) is 0 Å². The van der Waals surface area contributed by atoms with E-state index in [1.54, 1.807) is 0 Å². The zero-order valence-electron chi connectivity index (χ0n) is 14.0. The van der Waals surface area contributed by atoms with E-state index in [9.17, 15) is 0 Å². The van der Waals surface area contributed by atoms with Gasteiger partial charge in [0.25, 0.3) is 0 Å². The molecule has 0 aromatic heterocycles. The molecule has 0 aromatic rings. The van der Waals surface area contributed by atoms with Crippen molar-refractivity contribution in [2.45, 2.75) is 84.2 Å². The van der Waals surface area contributed by atoms with Gasteiger partial charge in [0.05, 0.1) is 6.10 Å². The van der Waals surface area contributed by atoms with Crippen LogP contribution >= 0.6 is 0 Å². The molecule has 1 aliphatic carbocycles. The van der Waals surface area contributed by atoms with Crippen molar-refractivity contribution in [2.24, 2.45) is 11.8 Å². The number of rotatable bonds is 11. The van der Waals surface area contributed by atoms with E-state index in [0.717, 1.165) is 25.0 Å². The van der Waals surface area contributed by atoms with Crippen LogP contribution in [0, 0.1) is 11.8 Å². The summed E-state index contributed by atoms with van der Waals surface area (Å²) in [7, 11) is 1.85. The predicted molar refractivity (Wildman–Crippen MR) is 86.1 cm³/mol. The lowest BCUT2D eigenvalue weighted by Crippen LogP contribution is -2.20. The molecule has 0 spiro atoms. The van der Waals surface area contributed by atoms with E-state index in [1.165, 1.54) is 64.2 Å². The SMILES string of the molecule is CCCCC(CC)COCCCC1CCC(OC)CC1. The van der Waals surface area contributed by atoms with E-state index in [2.05, 4.69) is 13.8 Å². The van der Waals surface area contributed by atoms with Crippen LogP contribution in [0.15, 0.2) is 0 Å². The second kappa shape index (κ2) is 11.6. The van der Waals surface area contributed by atoms with Gasteiger partial charge in [0.2, 0.25) is 0 Å². The molecular weight excluding hydrogens is 248 g/mol. The number of unbranched alkanes of at least 4 members (excludes halogenated alkanes) is 1. The Morgan fingerprint density at radius 1 is 1.05 bits per heavy atom. The molecule has 0 aromatic carbocycles. The third-order valence-corrected chi connectivity index (χ3v) is 4.92. The molecule has 0 amide bonds. The average molecular weight is 284 g/mol. The quantitative estimate of drug-likeness (QED) is 0.485. The molecule has 1 aliphatic rings. The van der Waals surface area contributed by atoms with Crippen LogP contribution < -0.4 is 0 Å². The van der Waals surface area contributed by atoms with Gasteiger partial charge < -0.3 is 9.47 Å². The maximum Gasteiger partial charge on any atom is 0.0571 e. The van der Waals surface area contributed by atoms with Crippen LogP contribution in [-0.4, -0.2) is 26.4 Å². The Kier molecular flexibility index (Phi) is 10.4. The van der Waals surface area contributed by atoms with Crippen molar-refractivity contribution in [3.8, 4) is 0 Å². The van der Waals surface area contributed by atoms with Crippen LogP contribution in [0.2, 0.25) is 0 Å². The zero-order valence-corrected chi connectivity index (χ0v) is 14.0. The molecule has 120 valence electrons. The second-order valence-corrected chi connectivity index (χ2v) is 6.51. The summed E-state index contributed by atoms with van der Waals surface area (Å²) < 4.78 is 11.3. The molecule has 0 heterocycles. The smallest absolute Gasteiger partial charge is 0.0571 e. The summed E-state index contributed by atoms with van der Waals surface area (Å²) in [4.78, 5) is 0. The number of hydrogen-bond acceptors (Lipinski definition) is 2. The standard InChI is InChI=1S/C18H36O2/c1-4-6-8-16(5-2)15-20-14-7-9-17-10-12-18(19-3)13-11-17/h16-18H,4-15H2,1-3H3. The highest BCUT2D eigenvalue weighted by molar-refractivity contribution is 4.72. The minimum absolute atomic E-state index is 0.534. The summed E-state index contributed by atoms with van der Waals surface area (Å²) in [5, 5.41) is 0. The Labute approximate surface area is 126 Å². The zero-order chi connectivity index (χ0) is 14.6. The van der Waals surface area contributed by atoms with Crippen LogP contribution in [0.25, 0.3) is 0 Å². The Bertz CT molecular complexity index is 209. The fraction of sp³-hybridized carbons (Fsp3) is 1.00. The first-order chi connectivity index (χ1) is 9.80. The van der Waals surface area contributed by atoms with Gasteiger partial charge in [0, 0.05) is 20.3 Å². The van der Waals surface area contributed by atoms with E-state index in [1.807, 2.05) is 7.11 Å². The van der Waals surface area contributed by atoms with Gasteiger partial charge in [-0.05, 0) is 56.8 Å². The van der Waals surface area contributed by atoms with Crippen LogP contribution in [0.4, 0.5) is 0 Å². The molecule has 1 unspecified atom stereocenters. The lowest BCUT2D eigenvalue weighted by molar-refractivity contribution is 0.0509. The molecule has 0 aliphatic heterocycles. The fourth-order valence-electron chi connectivity index (χ4n) is 3.28. The van der Waals surface area contributed by atoms with Gasteiger partial charge in [-0.25, -0.2) is 0 Å². The van der Waals surface area contributed by atoms with Crippen molar-refractivity contribution in [1.29, 1.82) is 0 Å². The second-order valence-electron chi connectivity index (χ2n) is 6.51. The van der Waals surface area contributed by atoms with Gasteiger partial charge in [-0.1, -0.05) is 33.1 Å². The topological polar surface area (TPSA) is 18.5 Å². The number of ether oxygens (including phenoxy) is 2. The maximum atomic E-state index is 5.89. The largest absolute Gasteiger partial charge is 0.381 e. The van der Waals surface area contributed by atoms with Crippen molar-refractivity contribution in [3.63, 3.8) is 0 Å². The van der Waals surface area contributed by atoms with E-state index in [4.69, 9.17) is 9.47 Å². The van der Waals surface area contributed by atoms with E-state index >= 15 is 0 Å². The monoisotopic (exact) mass is 284 g/mol. The molecule has 0 radical (unpaired) electrons. The first-order valence-corrected chi connectivity index (χ1v) is 8.90. The lowest BCUT2D eigenvalue weighted by atomic mass is 9.84. The van der Waals surface area contributed by atoms with Crippen molar-refractivity contribution in [2.75, 3.05) is 20.3 Å². The van der Waals surface area contributed by atoms with Gasteiger partial charge in [-0.2, -0.15) is 0 Å². The molecule has 2 nitrogen and oxygen atoms in total. The van der Waals surface area contributed by atoms with Crippen LogP contribution in [0.1, 0.15) is 78.1 Å². The molecule has 0 bridgehead atoms. The third-order valence-electron chi connectivity index (χ3n) is 4.92. The average Bonchev–Trinajstić information content (AvgIpc) is 2.50. The van der Waals surface area contributed by atoms with Crippen molar-refractivity contribution in [1.82, 2.24) is 0 Å². The molecule has 1 atom stereocenters. The Hall–Kier alpha value is -0.0800. The summed E-state index contributed by atoms with van der Waals surface area (Å²) in [6, 6.07) is 0. The summed E-state index contributed by atoms with van der Waals surface area (Å²) >= 11 is 0. The van der Waals surface area contributed by atoms with Crippen LogP contribution in [0.3, 0.4) is 0 Å². The molecule has 1 saturated carbocycles. The first kappa shape index (κ1) is 18.0. The molecule has 2 heteroatoms. The highest BCUT2D eigenvalue weighted by Gasteiger charge is 2.20. The summed E-state index contributed by atoms with van der Waals surface area (Å²) in [6.45, 7) is 6.50. The molecule has 0 saturated heterocycles. The molecule has 1 fully saturated rings. The summed E-state index contributed by atoms with van der Waals surface area (Å²) in [6.07, 6.45) is 13.6. The molecular formula is C18H36O2. The molecule has 1 rings (SSSR count). The maximum absolute atomic E-state index is 5.89. The number of methoxy groups -OCH3 is 1. The summed E-state index contributed by atoms with van der Waals surface area (Å²) in [5.41, 5.74) is 0. The summed E-state index contributed by atoms with van der Waals surface area (Å²) in [5.74, 6) is 1.71. The Balaban J connectivity index is 1.96. The lowest BCUT2D eigenvalue weighted by Gasteiger charge is -2.27. The fourth-order valence-corrected chi connectivity index (χ4v) is 3.28. The van der Waals surface area contributed by atoms with E-state index in [0.29, 0.717) is 6.10 Å². The highest BCUT2D eigenvalue weighted by atomic mass is 16.5. The van der Waals surface area contributed by atoms with Gasteiger partial charge in [0.1, 0.15) is 0 Å².